The molecule has 1 aromatic carbocycles. The number of aromatic nitrogens is 3. The summed E-state index contributed by atoms with van der Waals surface area (Å²) >= 11 is 7.51. The molecule has 1 fully saturated rings. The first kappa shape index (κ1) is 25.3. The number of anilines is 4. The van der Waals surface area contributed by atoms with Crippen molar-refractivity contribution in [2.45, 2.75) is 34.1 Å². The number of hydrogen-bond donors (Lipinski definition) is 2. The monoisotopic (exact) mass is 513 g/mol. The molecule has 3 aromatic rings. The molecule has 1 saturated heterocycles. The summed E-state index contributed by atoms with van der Waals surface area (Å²) in [5, 5.41) is 7.22. The summed E-state index contributed by atoms with van der Waals surface area (Å²) in [6.45, 7) is 13.4. The number of benzene rings is 1. The van der Waals surface area contributed by atoms with Crippen molar-refractivity contribution >= 4 is 51.3 Å². The molecule has 0 radical (unpaired) electrons. The third-order valence-electron chi connectivity index (χ3n) is 5.97. The fourth-order valence-electron chi connectivity index (χ4n) is 3.93. The van der Waals surface area contributed by atoms with E-state index < -0.39 is 0 Å². The number of rotatable bonds is 8. The van der Waals surface area contributed by atoms with Crippen LogP contribution in [0.15, 0.2) is 30.5 Å². The highest BCUT2D eigenvalue weighted by Gasteiger charge is 2.20. The largest absolute Gasteiger partial charge is 0.354 e. The molecule has 3 heterocycles. The summed E-state index contributed by atoms with van der Waals surface area (Å²) in [5.41, 5.74) is 1.51. The molecule has 1 amide bonds. The second kappa shape index (κ2) is 11.3. The highest BCUT2D eigenvalue weighted by Crippen LogP contribution is 2.28. The molecular formula is C25H32ClN7OS. The highest BCUT2D eigenvalue weighted by atomic mass is 35.5. The zero-order valence-electron chi connectivity index (χ0n) is 20.6. The number of nitrogens with zero attached hydrogens (tertiary/aromatic N) is 5. The van der Waals surface area contributed by atoms with E-state index in [1.165, 1.54) is 17.8 Å². The van der Waals surface area contributed by atoms with Crippen LogP contribution in [-0.2, 0) is 0 Å². The maximum absolute atomic E-state index is 12.7. The van der Waals surface area contributed by atoms with E-state index in [1.807, 2.05) is 32.0 Å². The fourth-order valence-corrected chi connectivity index (χ4v) is 4.92. The SMILES string of the molecule is Cc1nc(Nc2ncc(C(=O)Nc3c(C)cccc3Cl)s2)cc(N2CCN(CCC(C)C)CC2)n1. The Balaban J connectivity index is 1.39. The van der Waals surface area contributed by atoms with E-state index in [-0.39, 0.29) is 5.91 Å². The Kier molecular flexibility index (Phi) is 8.20. The van der Waals surface area contributed by atoms with Crippen LogP contribution in [0.25, 0.3) is 0 Å². The van der Waals surface area contributed by atoms with Crippen LogP contribution in [0.3, 0.4) is 0 Å². The van der Waals surface area contributed by atoms with Crippen LogP contribution in [0.1, 0.15) is 41.3 Å². The van der Waals surface area contributed by atoms with Crippen molar-refractivity contribution in [3.05, 3.63) is 51.7 Å². The van der Waals surface area contributed by atoms with Crippen molar-refractivity contribution in [3.8, 4) is 0 Å². The molecule has 1 aliphatic heterocycles. The molecule has 10 heteroatoms. The Morgan fingerprint density at radius 1 is 1.17 bits per heavy atom. The van der Waals surface area contributed by atoms with Crippen molar-refractivity contribution in [1.82, 2.24) is 19.9 Å². The van der Waals surface area contributed by atoms with Gasteiger partial charge in [-0.05, 0) is 44.4 Å². The third-order valence-corrected chi connectivity index (χ3v) is 7.19. The molecular weight excluding hydrogens is 482 g/mol. The van der Waals surface area contributed by atoms with Crippen LogP contribution in [-0.4, -0.2) is 58.5 Å². The summed E-state index contributed by atoms with van der Waals surface area (Å²) in [7, 11) is 0. The molecule has 0 unspecified atom stereocenters. The number of para-hydroxylation sites is 1. The van der Waals surface area contributed by atoms with Gasteiger partial charge in [-0.15, -0.1) is 0 Å². The van der Waals surface area contributed by atoms with Gasteiger partial charge in [0.05, 0.1) is 16.9 Å². The lowest BCUT2D eigenvalue weighted by atomic mass is 10.1. The van der Waals surface area contributed by atoms with Crippen molar-refractivity contribution in [1.29, 1.82) is 0 Å². The lowest BCUT2D eigenvalue weighted by molar-refractivity contribution is 0.103. The van der Waals surface area contributed by atoms with Crippen LogP contribution in [0, 0.1) is 19.8 Å². The van der Waals surface area contributed by atoms with Crippen LogP contribution in [0.4, 0.5) is 22.5 Å². The second-order valence-corrected chi connectivity index (χ2v) is 10.6. The number of halogens is 1. The highest BCUT2D eigenvalue weighted by molar-refractivity contribution is 7.17. The van der Waals surface area contributed by atoms with Gasteiger partial charge in [-0.3, -0.25) is 9.69 Å². The van der Waals surface area contributed by atoms with Gasteiger partial charge in [0.15, 0.2) is 5.13 Å². The Labute approximate surface area is 215 Å². The molecule has 0 aliphatic carbocycles. The Morgan fingerprint density at radius 3 is 2.66 bits per heavy atom. The summed E-state index contributed by atoms with van der Waals surface area (Å²) < 4.78 is 0. The summed E-state index contributed by atoms with van der Waals surface area (Å²) in [5.74, 6) is 2.74. The van der Waals surface area contributed by atoms with Gasteiger partial charge in [-0.25, -0.2) is 15.0 Å². The quantitative estimate of drug-likeness (QED) is 0.419. The minimum Gasteiger partial charge on any atom is -0.354 e. The predicted octanol–water partition coefficient (Wildman–Crippen LogP) is 5.37. The third kappa shape index (κ3) is 6.68. The van der Waals surface area contributed by atoms with E-state index in [0.29, 0.717) is 32.4 Å². The lowest BCUT2D eigenvalue weighted by Gasteiger charge is -2.35. The van der Waals surface area contributed by atoms with E-state index in [0.717, 1.165) is 50.0 Å². The number of thiazole rings is 1. The van der Waals surface area contributed by atoms with Crippen LogP contribution in [0.5, 0.6) is 0 Å². The van der Waals surface area contributed by atoms with E-state index in [1.54, 1.807) is 12.3 Å². The zero-order valence-corrected chi connectivity index (χ0v) is 22.2. The van der Waals surface area contributed by atoms with Gasteiger partial charge in [0.1, 0.15) is 22.3 Å². The smallest absolute Gasteiger partial charge is 0.267 e. The van der Waals surface area contributed by atoms with Crippen molar-refractivity contribution in [2.75, 3.05) is 48.3 Å². The van der Waals surface area contributed by atoms with Crippen LogP contribution < -0.4 is 15.5 Å². The number of piperazine rings is 1. The van der Waals surface area contributed by atoms with E-state index in [2.05, 4.69) is 49.2 Å². The van der Waals surface area contributed by atoms with Crippen LogP contribution in [0.2, 0.25) is 5.02 Å². The molecule has 0 spiro atoms. The minimum absolute atomic E-state index is 0.248. The lowest BCUT2D eigenvalue weighted by Crippen LogP contribution is -2.47. The van der Waals surface area contributed by atoms with Crippen molar-refractivity contribution in [3.63, 3.8) is 0 Å². The summed E-state index contributed by atoms with van der Waals surface area (Å²) in [4.78, 5) is 31.6. The predicted molar refractivity (Wildman–Crippen MR) is 144 cm³/mol. The maximum atomic E-state index is 12.7. The molecule has 8 nitrogen and oxygen atoms in total. The van der Waals surface area contributed by atoms with Crippen molar-refractivity contribution in [2.24, 2.45) is 5.92 Å². The van der Waals surface area contributed by atoms with Gasteiger partial charge in [0.25, 0.3) is 5.91 Å². The van der Waals surface area contributed by atoms with Crippen molar-refractivity contribution < 1.29 is 4.79 Å². The van der Waals surface area contributed by atoms with Crippen LogP contribution >= 0.6 is 22.9 Å². The van der Waals surface area contributed by atoms with Gasteiger partial charge in [0, 0.05) is 32.2 Å². The topological polar surface area (TPSA) is 86.3 Å². The fraction of sp³-hybridized carbons (Fsp3) is 0.440. The average Bonchev–Trinajstić information content (AvgIpc) is 3.28. The Hall–Kier alpha value is -2.75. The summed E-state index contributed by atoms with van der Waals surface area (Å²) in [6.07, 6.45) is 2.78. The zero-order chi connectivity index (χ0) is 24.9. The van der Waals surface area contributed by atoms with Gasteiger partial charge in [-0.1, -0.05) is 48.9 Å². The number of carbonyl (C=O) groups is 1. The van der Waals surface area contributed by atoms with Gasteiger partial charge in [-0.2, -0.15) is 0 Å². The van der Waals surface area contributed by atoms with Gasteiger partial charge >= 0.3 is 0 Å². The molecule has 35 heavy (non-hydrogen) atoms. The van der Waals surface area contributed by atoms with E-state index in [4.69, 9.17) is 11.6 Å². The molecule has 0 bridgehead atoms. The molecule has 2 N–H and O–H groups in total. The molecule has 186 valence electrons. The number of amides is 1. The minimum atomic E-state index is -0.248. The summed E-state index contributed by atoms with van der Waals surface area (Å²) in [6, 6.07) is 7.46. The van der Waals surface area contributed by atoms with Gasteiger partial charge < -0.3 is 15.5 Å². The normalized spacial score (nSPS) is 14.4. The number of carbonyl (C=O) groups excluding carboxylic acids is 1. The first-order valence-electron chi connectivity index (χ1n) is 11.9. The number of aryl methyl sites for hydroxylation is 2. The number of nitrogens with one attached hydrogen (secondary N) is 2. The maximum Gasteiger partial charge on any atom is 0.267 e. The van der Waals surface area contributed by atoms with E-state index >= 15 is 0 Å². The Bertz CT molecular complexity index is 1150. The van der Waals surface area contributed by atoms with Gasteiger partial charge in [0.2, 0.25) is 0 Å². The molecule has 0 atom stereocenters. The Morgan fingerprint density at radius 2 is 1.94 bits per heavy atom. The molecule has 1 aliphatic rings. The second-order valence-electron chi connectivity index (χ2n) is 9.21. The molecule has 0 saturated carbocycles. The molecule has 4 rings (SSSR count). The molecule has 2 aromatic heterocycles. The average molecular weight is 514 g/mol. The first-order chi connectivity index (χ1) is 16.8. The van der Waals surface area contributed by atoms with E-state index in [9.17, 15) is 4.79 Å². The first-order valence-corrected chi connectivity index (χ1v) is 13.1. The number of hydrogen-bond acceptors (Lipinski definition) is 8. The standard InChI is InChI=1S/C25H32ClN7OS/c1-16(2)8-9-32-10-12-33(13-11-32)22-14-21(28-18(4)29-22)30-25-27-15-20(35-25)24(34)31-23-17(3)6-5-7-19(23)26/h5-7,14-16H,8-13H2,1-4H3,(H,31,34)(H,27,28,29,30).